The number of carbonyl (C=O) groups excluding carboxylic acids is 1. The lowest BCUT2D eigenvalue weighted by atomic mass is 10.1. The van der Waals surface area contributed by atoms with Crippen molar-refractivity contribution in [3.63, 3.8) is 0 Å². The lowest BCUT2D eigenvalue weighted by molar-refractivity contribution is -0.137. The monoisotopic (exact) mass is 381 g/mol. The Balaban J connectivity index is 1.92. The highest BCUT2D eigenvalue weighted by atomic mass is 32.1. The smallest absolute Gasteiger partial charge is 0.416 e. The van der Waals surface area contributed by atoms with Crippen molar-refractivity contribution < 1.29 is 22.7 Å². The molecular weight excluding hydrogens is 367 g/mol. The second kappa shape index (κ2) is 8.43. The minimum absolute atomic E-state index is 0.0340. The van der Waals surface area contributed by atoms with Gasteiger partial charge in [-0.2, -0.15) is 18.3 Å². The molecule has 136 valence electrons. The highest BCUT2D eigenvalue weighted by Gasteiger charge is 2.30. The molecule has 0 saturated heterocycles. The summed E-state index contributed by atoms with van der Waals surface area (Å²) < 4.78 is 42.6. The molecule has 2 rings (SSSR count). The predicted molar refractivity (Wildman–Crippen MR) is 96.2 cm³/mol. The molecule has 0 aromatic heterocycles. The summed E-state index contributed by atoms with van der Waals surface area (Å²) in [4.78, 5) is 11.3. The Morgan fingerprint density at radius 3 is 2.50 bits per heavy atom. The van der Waals surface area contributed by atoms with E-state index in [2.05, 4.69) is 20.6 Å². The van der Waals surface area contributed by atoms with E-state index in [9.17, 15) is 18.0 Å². The summed E-state index contributed by atoms with van der Waals surface area (Å²) in [6, 6.07) is 11.1. The Labute approximate surface area is 152 Å². The van der Waals surface area contributed by atoms with E-state index in [0.29, 0.717) is 11.1 Å². The van der Waals surface area contributed by atoms with Crippen molar-refractivity contribution >= 4 is 35.2 Å². The molecule has 0 amide bonds. The van der Waals surface area contributed by atoms with E-state index in [1.54, 1.807) is 24.3 Å². The standard InChI is InChI=1S/C17H14F3N3O2S/c1-25-15(24)12-7-5-11(6-8-12)10-21-23-16(26)22-14-4-2-3-13(9-14)17(18,19)20/h2-10H,1H3,(H2,22,23,26)/b21-10-. The van der Waals surface area contributed by atoms with Crippen molar-refractivity contribution in [2.75, 3.05) is 12.4 Å². The fourth-order valence-corrected chi connectivity index (χ4v) is 2.09. The summed E-state index contributed by atoms with van der Waals surface area (Å²) in [5.74, 6) is -0.446. The van der Waals surface area contributed by atoms with Crippen molar-refractivity contribution in [2.45, 2.75) is 6.18 Å². The van der Waals surface area contributed by atoms with Crippen LogP contribution in [-0.2, 0) is 10.9 Å². The summed E-state index contributed by atoms with van der Waals surface area (Å²) in [6.45, 7) is 0. The fourth-order valence-electron chi connectivity index (χ4n) is 1.92. The van der Waals surface area contributed by atoms with Crippen LogP contribution in [0, 0.1) is 0 Å². The number of methoxy groups -OCH3 is 1. The van der Waals surface area contributed by atoms with Gasteiger partial charge in [0.1, 0.15) is 0 Å². The minimum atomic E-state index is -4.43. The lowest BCUT2D eigenvalue weighted by Crippen LogP contribution is -2.24. The first-order chi connectivity index (χ1) is 12.3. The molecule has 26 heavy (non-hydrogen) atoms. The average Bonchev–Trinajstić information content (AvgIpc) is 2.61. The maximum atomic E-state index is 12.7. The number of benzene rings is 2. The number of hydrogen-bond acceptors (Lipinski definition) is 4. The van der Waals surface area contributed by atoms with Crippen LogP contribution in [0.3, 0.4) is 0 Å². The van der Waals surface area contributed by atoms with Gasteiger partial charge in [0.05, 0.1) is 24.5 Å². The average molecular weight is 381 g/mol. The number of nitrogens with one attached hydrogen (secondary N) is 2. The summed E-state index contributed by atoms with van der Waals surface area (Å²) in [7, 11) is 1.29. The number of hydrogen-bond donors (Lipinski definition) is 2. The summed E-state index contributed by atoms with van der Waals surface area (Å²) in [5, 5.41) is 6.54. The van der Waals surface area contributed by atoms with Crippen molar-refractivity contribution in [3.05, 3.63) is 65.2 Å². The maximum absolute atomic E-state index is 12.7. The third kappa shape index (κ3) is 5.55. The van der Waals surface area contributed by atoms with Gasteiger partial charge in [-0.1, -0.05) is 18.2 Å². The molecule has 0 atom stereocenters. The van der Waals surface area contributed by atoms with Crippen LogP contribution in [0.1, 0.15) is 21.5 Å². The molecule has 0 radical (unpaired) electrons. The first kappa shape index (κ1) is 19.4. The van der Waals surface area contributed by atoms with Gasteiger partial charge in [-0.3, -0.25) is 5.43 Å². The van der Waals surface area contributed by atoms with Gasteiger partial charge in [0.2, 0.25) is 0 Å². The molecular formula is C17H14F3N3O2S. The molecule has 0 spiro atoms. The number of rotatable bonds is 4. The van der Waals surface area contributed by atoms with Crippen LogP contribution in [0.5, 0.6) is 0 Å². The van der Waals surface area contributed by atoms with E-state index in [-0.39, 0.29) is 10.8 Å². The fraction of sp³-hybridized carbons (Fsp3) is 0.118. The summed E-state index contributed by atoms with van der Waals surface area (Å²) in [5.41, 5.74) is 3.00. The van der Waals surface area contributed by atoms with E-state index in [1.165, 1.54) is 25.5 Å². The molecule has 0 unspecified atom stereocenters. The van der Waals surface area contributed by atoms with Gasteiger partial charge in [0, 0.05) is 5.69 Å². The second-order valence-electron chi connectivity index (χ2n) is 5.02. The highest BCUT2D eigenvalue weighted by Crippen LogP contribution is 2.30. The number of anilines is 1. The Hall–Kier alpha value is -2.94. The second-order valence-corrected chi connectivity index (χ2v) is 5.42. The molecule has 0 bridgehead atoms. The lowest BCUT2D eigenvalue weighted by Gasteiger charge is -2.10. The molecule has 2 aromatic rings. The largest absolute Gasteiger partial charge is 0.465 e. The maximum Gasteiger partial charge on any atom is 0.416 e. The predicted octanol–water partition coefficient (Wildman–Crippen LogP) is 3.81. The first-order valence-corrected chi connectivity index (χ1v) is 7.66. The number of carbonyl (C=O) groups is 1. The van der Waals surface area contributed by atoms with Crippen molar-refractivity contribution in [1.82, 2.24) is 5.43 Å². The molecule has 0 aliphatic carbocycles. The molecule has 0 fully saturated rings. The number of hydrazone groups is 1. The Kier molecular flexibility index (Phi) is 6.29. The molecule has 0 aliphatic rings. The van der Waals surface area contributed by atoms with E-state index in [0.717, 1.165) is 12.1 Å². The van der Waals surface area contributed by atoms with Crippen molar-refractivity contribution in [1.29, 1.82) is 0 Å². The minimum Gasteiger partial charge on any atom is -0.465 e. The molecule has 0 saturated carbocycles. The Bertz CT molecular complexity index is 821. The van der Waals surface area contributed by atoms with Crippen LogP contribution in [0.4, 0.5) is 18.9 Å². The van der Waals surface area contributed by atoms with Gasteiger partial charge >= 0.3 is 12.1 Å². The van der Waals surface area contributed by atoms with Crippen LogP contribution < -0.4 is 10.7 Å². The summed E-state index contributed by atoms with van der Waals surface area (Å²) >= 11 is 4.98. The van der Waals surface area contributed by atoms with Crippen LogP contribution in [-0.4, -0.2) is 24.4 Å². The zero-order chi connectivity index (χ0) is 19.2. The van der Waals surface area contributed by atoms with Crippen molar-refractivity contribution in [3.8, 4) is 0 Å². The van der Waals surface area contributed by atoms with Crippen LogP contribution in [0.2, 0.25) is 0 Å². The Morgan fingerprint density at radius 1 is 1.19 bits per heavy atom. The topological polar surface area (TPSA) is 62.7 Å². The van der Waals surface area contributed by atoms with E-state index >= 15 is 0 Å². The number of halogens is 3. The van der Waals surface area contributed by atoms with E-state index < -0.39 is 17.7 Å². The van der Waals surface area contributed by atoms with Gasteiger partial charge in [0.15, 0.2) is 5.11 Å². The number of alkyl halides is 3. The Morgan fingerprint density at radius 2 is 1.88 bits per heavy atom. The zero-order valence-corrected chi connectivity index (χ0v) is 14.3. The number of thiocarbonyl (C=S) groups is 1. The molecule has 2 aromatic carbocycles. The number of esters is 1. The molecule has 0 aliphatic heterocycles. The van der Waals surface area contributed by atoms with Crippen LogP contribution in [0.15, 0.2) is 53.6 Å². The van der Waals surface area contributed by atoms with E-state index in [1.807, 2.05) is 0 Å². The molecule has 0 heterocycles. The van der Waals surface area contributed by atoms with Crippen LogP contribution >= 0.6 is 12.2 Å². The van der Waals surface area contributed by atoms with Gasteiger partial charge in [0.25, 0.3) is 0 Å². The normalized spacial score (nSPS) is 11.2. The molecule has 9 heteroatoms. The zero-order valence-electron chi connectivity index (χ0n) is 13.5. The first-order valence-electron chi connectivity index (χ1n) is 7.25. The molecule has 2 N–H and O–H groups in total. The van der Waals surface area contributed by atoms with Crippen molar-refractivity contribution in [2.24, 2.45) is 5.10 Å². The van der Waals surface area contributed by atoms with Crippen LogP contribution in [0.25, 0.3) is 0 Å². The highest BCUT2D eigenvalue weighted by molar-refractivity contribution is 7.80. The number of nitrogens with zero attached hydrogens (tertiary/aromatic N) is 1. The van der Waals surface area contributed by atoms with E-state index in [4.69, 9.17) is 12.2 Å². The quantitative estimate of drug-likeness (QED) is 0.365. The van der Waals surface area contributed by atoms with Gasteiger partial charge in [-0.15, -0.1) is 0 Å². The van der Waals surface area contributed by atoms with Gasteiger partial charge in [-0.05, 0) is 48.1 Å². The molecule has 5 nitrogen and oxygen atoms in total. The third-order valence-electron chi connectivity index (χ3n) is 3.16. The third-order valence-corrected chi connectivity index (χ3v) is 3.35. The number of ether oxygens (including phenoxy) is 1. The van der Waals surface area contributed by atoms with Gasteiger partial charge < -0.3 is 10.1 Å². The van der Waals surface area contributed by atoms with Gasteiger partial charge in [-0.25, -0.2) is 4.79 Å². The summed E-state index contributed by atoms with van der Waals surface area (Å²) in [6.07, 6.45) is -2.98. The SMILES string of the molecule is COC(=O)c1ccc(/C=N\NC(=S)Nc2cccc(C(F)(F)F)c2)cc1.